The van der Waals surface area contributed by atoms with Crippen LogP contribution in [-0.4, -0.2) is 39.6 Å². The summed E-state index contributed by atoms with van der Waals surface area (Å²) in [7, 11) is 0. The fraction of sp³-hybridized carbons (Fsp3) is 0.286. The third-order valence-electron chi connectivity index (χ3n) is 12.9. The van der Waals surface area contributed by atoms with Crippen LogP contribution in [0.25, 0.3) is 0 Å². The largest absolute Gasteiger partial charge is 0.458 e. The van der Waals surface area contributed by atoms with E-state index < -0.39 is 0 Å². The molecule has 8 heteroatoms. The average molecular weight is 652 g/mol. The van der Waals surface area contributed by atoms with E-state index in [4.69, 9.17) is 18.9 Å². The Morgan fingerprint density at radius 1 is 0.420 bits per heavy atom. The first kappa shape index (κ1) is 26.8. The van der Waals surface area contributed by atoms with Crippen LogP contribution in [0.3, 0.4) is 0 Å². The molecule has 0 amide bonds. The van der Waals surface area contributed by atoms with Gasteiger partial charge in [-0.05, 0) is 85.4 Å². The second-order valence-electron chi connectivity index (χ2n) is 15.4. The number of rotatable bonds is 0. The summed E-state index contributed by atoms with van der Waals surface area (Å²) >= 11 is 0. The van der Waals surface area contributed by atoms with Crippen molar-refractivity contribution in [2.45, 2.75) is 51.4 Å². The molecule has 8 heterocycles. The number of hydrogen-bond acceptors (Lipinski definition) is 6. The van der Waals surface area contributed by atoms with Crippen molar-refractivity contribution in [2.75, 3.05) is 36.0 Å². The SMILES string of the molecule is c1ccc2c(c1)Oc1c3c4c(c5c1B2c1cc2c(cc1O5)Oc1c5c6c(c7c1B2c1ccccc1O7)CCCN6CCC5)CCCN4CCC3. The van der Waals surface area contributed by atoms with Crippen LogP contribution in [0, 0.1) is 0 Å². The van der Waals surface area contributed by atoms with Crippen molar-refractivity contribution in [2.24, 2.45) is 0 Å². The van der Waals surface area contributed by atoms with Crippen LogP contribution in [0.15, 0.2) is 60.7 Å². The number of ether oxygens (including phenoxy) is 4. The highest BCUT2D eigenvalue weighted by Crippen LogP contribution is 2.51. The van der Waals surface area contributed by atoms with Crippen molar-refractivity contribution in [3.05, 3.63) is 82.9 Å². The molecule has 0 aliphatic carbocycles. The van der Waals surface area contributed by atoms with Crippen LogP contribution < -0.4 is 61.5 Å². The van der Waals surface area contributed by atoms with E-state index in [1.807, 2.05) is 0 Å². The van der Waals surface area contributed by atoms with E-state index in [2.05, 4.69) is 70.5 Å². The Morgan fingerprint density at radius 2 is 0.800 bits per heavy atom. The Labute approximate surface area is 292 Å². The van der Waals surface area contributed by atoms with E-state index >= 15 is 0 Å². The minimum atomic E-state index is 0.0204. The standard InChI is InChI=1S/C42H34B2N2O4/c1-3-15-31-27(13-1)43-29-21-30-34(22-33(29)49-41-25-11-7-19-45-17-5-9-23(37(25)45)39(47-31)35(41)43)50-42-26-12-8-20-46-18-6-10-24(38(26)46)40-36(42)44(30)28-14-2-4-16-32(28)48-40/h1-4,13-16,21-22H,5-12,17-20H2. The average Bonchev–Trinajstić information content (AvgIpc) is 3.17. The number of benzene rings is 5. The molecule has 0 spiro atoms. The minimum Gasteiger partial charge on any atom is -0.458 e. The molecule has 6 nitrogen and oxygen atoms in total. The number of hydrogen-bond donors (Lipinski definition) is 0. The number of nitrogens with zero attached hydrogens (tertiary/aromatic N) is 2. The molecular weight excluding hydrogens is 618 g/mol. The van der Waals surface area contributed by atoms with Crippen molar-refractivity contribution in [1.82, 2.24) is 0 Å². The summed E-state index contributed by atoms with van der Waals surface area (Å²) in [6.45, 7) is 4.46. The predicted molar refractivity (Wildman–Crippen MR) is 200 cm³/mol. The van der Waals surface area contributed by atoms with Crippen LogP contribution in [0.2, 0.25) is 0 Å². The van der Waals surface area contributed by atoms with Crippen molar-refractivity contribution in [1.29, 1.82) is 0 Å². The molecular formula is C42H34B2N2O4. The van der Waals surface area contributed by atoms with Crippen LogP contribution in [0.4, 0.5) is 11.4 Å². The Bertz CT molecular complexity index is 2240. The van der Waals surface area contributed by atoms with Gasteiger partial charge in [0.25, 0.3) is 13.4 Å². The van der Waals surface area contributed by atoms with Crippen molar-refractivity contribution in [3.63, 3.8) is 0 Å². The van der Waals surface area contributed by atoms with Gasteiger partial charge in [-0.15, -0.1) is 0 Å². The smallest absolute Gasteiger partial charge is 0.260 e. The third kappa shape index (κ3) is 3.25. The Balaban J connectivity index is 1.09. The quantitative estimate of drug-likeness (QED) is 0.225. The van der Waals surface area contributed by atoms with Gasteiger partial charge in [-0.2, -0.15) is 0 Å². The zero-order chi connectivity index (χ0) is 32.2. The lowest BCUT2D eigenvalue weighted by molar-refractivity contribution is 0.438. The van der Waals surface area contributed by atoms with E-state index in [1.165, 1.54) is 66.4 Å². The fourth-order valence-corrected chi connectivity index (χ4v) is 11.0. The molecule has 50 heavy (non-hydrogen) atoms. The highest BCUT2D eigenvalue weighted by molar-refractivity contribution is 7.01. The first-order valence-corrected chi connectivity index (χ1v) is 18.8. The molecule has 0 N–H and O–H groups in total. The lowest BCUT2D eigenvalue weighted by Gasteiger charge is -2.44. The number of para-hydroxylation sites is 2. The molecule has 0 aromatic heterocycles. The number of fused-ring (bicyclic) bond motifs is 12. The summed E-state index contributed by atoms with van der Waals surface area (Å²) < 4.78 is 28.2. The van der Waals surface area contributed by atoms with Gasteiger partial charge >= 0.3 is 0 Å². The molecule has 8 aliphatic rings. The molecule has 8 aliphatic heterocycles. The normalized spacial score (nSPS) is 18.7. The first-order valence-electron chi connectivity index (χ1n) is 18.8. The lowest BCUT2D eigenvalue weighted by atomic mass is 9.31. The summed E-state index contributed by atoms with van der Waals surface area (Å²) in [4.78, 5) is 5.18. The lowest BCUT2D eigenvalue weighted by Crippen LogP contribution is -2.62. The Hall–Kier alpha value is -4.97. The molecule has 0 saturated carbocycles. The highest BCUT2D eigenvalue weighted by Gasteiger charge is 2.49. The van der Waals surface area contributed by atoms with Gasteiger partial charge < -0.3 is 28.7 Å². The van der Waals surface area contributed by atoms with Crippen molar-refractivity contribution < 1.29 is 18.9 Å². The minimum absolute atomic E-state index is 0.0204. The van der Waals surface area contributed by atoms with Gasteiger partial charge in [0, 0.05) is 65.4 Å². The summed E-state index contributed by atoms with van der Waals surface area (Å²) in [5.74, 6) is 7.85. The molecule has 5 aromatic carbocycles. The van der Waals surface area contributed by atoms with Gasteiger partial charge in [0.1, 0.15) is 46.0 Å². The molecule has 0 unspecified atom stereocenters. The summed E-state index contributed by atoms with van der Waals surface area (Å²) in [5.41, 5.74) is 15.5. The Morgan fingerprint density at radius 3 is 1.22 bits per heavy atom. The zero-order valence-corrected chi connectivity index (χ0v) is 27.9. The molecule has 242 valence electrons. The second kappa shape index (κ2) is 9.42. The van der Waals surface area contributed by atoms with E-state index in [9.17, 15) is 0 Å². The Kier molecular flexibility index (Phi) is 5.06. The van der Waals surface area contributed by atoms with E-state index in [0.717, 1.165) is 124 Å². The van der Waals surface area contributed by atoms with Crippen molar-refractivity contribution in [3.8, 4) is 46.0 Å². The molecule has 0 atom stereocenters. The maximum atomic E-state index is 7.20. The molecule has 13 rings (SSSR count). The van der Waals surface area contributed by atoms with Crippen LogP contribution >= 0.6 is 0 Å². The summed E-state index contributed by atoms with van der Waals surface area (Å²) in [6.07, 6.45) is 8.77. The van der Waals surface area contributed by atoms with Crippen LogP contribution in [0.1, 0.15) is 47.9 Å². The molecule has 0 saturated heterocycles. The predicted octanol–water partition coefficient (Wildman–Crippen LogP) is 4.54. The highest BCUT2D eigenvalue weighted by atomic mass is 16.5. The third-order valence-corrected chi connectivity index (χ3v) is 12.9. The molecule has 5 aromatic rings. The topological polar surface area (TPSA) is 43.4 Å². The van der Waals surface area contributed by atoms with Crippen molar-refractivity contribution >= 4 is 57.6 Å². The monoisotopic (exact) mass is 652 g/mol. The first-order chi connectivity index (χ1) is 24.8. The van der Waals surface area contributed by atoms with Crippen LogP contribution in [-0.2, 0) is 25.7 Å². The van der Waals surface area contributed by atoms with Gasteiger partial charge in [-0.3, -0.25) is 0 Å². The van der Waals surface area contributed by atoms with Gasteiger partial charge in [0.05, 0.1) is 11.4 Å². The van der Waals surface area contributed by atoms with Crippen LogP contribution in [0.5, 0.6) is 46.0 Å². The van der Waals surface area contributed by atoms with Gasteiger partial charge in [-0.25, -0.2) is 0 Å². The summed E-state index contributed by atoms with van der Waals surface area (Å²) in [6, 6.07) is 22.0. The maximum absolute atomic E-state index is 7.20. The van der Waals surface area contributed by atoms with E-state index in [1.54, 1.807) is 0 Å². The van der Waals surface area contributed by atoms with E-state index in [-0.39, 0.29) is 13.4 Å². The van der Waals surface area contributed by atoms with E-state index in [0.29, 0.717) is 0 Å². The number of anilines is 2. The fourth-order valence-electron chi connectivity index (χ4n) is 11.0. The maximum Gasteiger partial charge on any atom is 0.260 e. The van der Waals surface area contributed by atoms with Gasteiger partial charge in [-0.1, -0.05) is 42.5 Å². The van der Waals surface area contributed by atoms with Gasteiger partial charge in [0.15, 0.2) is 0 Å². The molecule has 0 bridgehead atoms. The second-order valence-corrected chi connectivity index (χ2v) is 15.4. The van der Waals surface area contributed by atoms with Gasteiger partial charge in [0.2, 0.25) is 0 Å². The molecule has 0 fully saturated rings. The molecule has 0 radical (unpaired) electrons. The summed E-state index contributed by atoms with van der Waals surface area (Å²) in [5, 5.41) is 0. The zero-order valence-electron chi connectivity index (χ0n) is 27.9.